The first-order chi connectivity index (χ1) is 7.43. The number of rotatable bonds is 5. The van der Waals surface area contributed by atoms with Gasteiger partial charge in [0, 0.05) is 23.4 Å². The molecule has 3 heteroatoms. The van der Waals surface area contributed by atoms with E-state index in [1.807, 2.05) is 6.08 Å². The standard InChI is InChI=1S/C13H22N2S/c1-6-7-10(2)14-8-12-15-11(9-16-12)13(3,4)5/h6,9-10,14H,1,7-8H2,2-5H3. The summed E-state index contributed by atoms with van der Waals surface area (Å²) in [4.78, 5) is 4.64. The van der Waals surface area contributed by atoms with Crippen molar-refractivity contribution in [1.29, 1.82) is 0 Å². The number of nitrogens with zero attached hydrogens (tertiary/aromatic N) is 1. The Kier molecular flexibility index (Phi) is 4.69. The fourth-order valence-electron chi connectivity index (χ4n) is 1.33. The smallest absolute Gasteiger partial charge is 0.107 e. The van der Waals surface area contributed by atoms with Crippen LogP contribution < -0.4 is 5.32 Å². The highest BCUT2D eigenvalue weighted by Gasteiger charge is 2.17. The van der Waals surface area contributed by atoms with E-state index >= 15 is 0 Å². The van der Waals surface area contributed by atoms with Crippen molar-refractivity contribution in [2.75, 3.05) is 0 Å². The molecule has 90 valence electrons. The first-order valence-corrected chi connectivity index (χ1v) is 6.60. The molecule has 16 heavy (non-hydrogen) atoms. The van der Waals surface area contributed by atoms with Gasteiger partial charge in [-0.1, -0.05) is 26.8 Å². The van der Waals surface area contributed by atoms with Crippen LogP contribution in [0.25, 0.3) is 0 Å². The Morgan fingerprint density at radius 3 is 2.75 bits per heavy atom. The minimum atomic E-state index is 0.154. The van der Waals surface area contributed by atoms with Gasteiger partial charge in [0.2, 0.25) is 0 Å². The Labute approximate surface area is 103 Å². The lowest BCUT2D eigenvalue weighted by atomic mass is 9.93. The van der Waals surface area contributed by atoms with Crippen molar-refractivity contribution in [3.05, 3.63) is 28.7 Å². The Bertz CT molecular complexity index is 336. The summed E-state index contributed by atoms with van der Waals surface area (Å²) < 4.78 is 0. The van der Waals surface area contributed by atoms with Gasteiger partial charge < -0.3 is 5.32 Å². The first kappa shape index (κ1) is 13.4. The van der Waals surface area contributed by atoms with Gasteiger partial charge in [-0.3, -0.25) is 0 Å². The fraction of sp³-hybridized carbons (Fsp3) is 0.615. The van der Waals surface area contributed by atoms with Crippen molar-refractivity contribution in [2.24, 2.45) is 0 Å². The van der Waals surface area contributed by atoms with E-state index in [1.165, 1.54) is 10.7 Å². The molecular formula is C13H22N2S. The third-order valence-corrected chi connectivity index (χ3v) is 3.29. The summed E-state index contributed by atoms with van der Waals surface area (Å²) in [5, 5.41) is 6.77. The third-order valence-electron chi connectivity index (χ3n) is 2.44. The fourth-order valence-corrected chi connectivity index (χ4v) is 2.30. The normalized spacial score (nSPS) is 13.8. The summed E-state index contributed by atoms with van der Waals surface area (Å²) in [5.74, 6) is 0. The summed E-state index contributed by atoms with van der Waals surface area (Å²) in [6.07, 6.45) is 2.94. The number of nitrogens with one attached hydrogen (secondary N) is 1. The van der Waals surface area contributed by atoms with Gasteiger partial charge in [-0.15, -0.1) is 17.9 Å². The molecule has 0 aliphatic heterocycles. The lowest BCUT2D eigenvalue weighted by molar-refractivity contribution is 0.543. The van der Waals surface area contributed by atoms with Gasteiger partial charge in [0.05, 0.1) is 5.69 Å². The van der Waals surface area contributed by atoms with Crippen molar-refractivity contribution < 1.29 is 0 Å². The van der Waals surface area contributed by atoms with E-state index in [0.717, 1.165) is 13.0 Å². The van der Waals surface area contributed by atoms with E-state index in [0.29, 0.717) is 6.04 Å². The Balaban J connectivity index is 2.50. The van der Waals surface area contributed by atoms with Crippen molar-refractivity contribution in [1.82, 2.24) is 10.3 Å². The summed E-state index contributed by atoms with van der Waals surface area (Å²) in [7, 11) is 0. The van der Waals surface area contributed by atoms with Crippen LogP contribution in [0.15, 0.2) is 18.0 Å². The molecular weight excluding hydrogens is 216 g/mol. The molecule has 0 fully saturated rings. The summed E-state index contributed by atoms with van der Waals surface area (Å²) in [6, 6.07) is 0.472. The Morgan fingerprint density at radius 2 is 2.25 bits per heavy atom. The van der Waals surface area contributed by atoms with Crippen molar-refractivity contribution >= 4 is 11.3 Å². The molecule has 0 aliphatic carbocycles. The highest BCUT2D eigenvalue weighted by atomic mass is 32.1. The van der Waals surface area contributed by atoms with Crippen LogP contribution in [-0.2, 0) is 12.0 Å². The van der Waals surface area contributed by atoms with E-state index in [4.69, 9.17) is 0 Å². The average molecular weight is 238 g/mol. The second-order valence-corrected chi connectivity index (χ2v) is 6.13. The second-order valence-electron chi connectivity index (χ2n) is 5.18. The van der Waals surface area contributed by atoms with Crippen LogP contribution in [0.2, 0.25) is 0 Å². The maximum atomic E-state index is 4.64. The van der Waals surface area contributed by atoms with Gasteiger partial charge in [0.1, 0.15) is 5.01 Å². The number of thiazole rings is 1. The van der Waals surface area contributed by atoms with Crippen LogP contribution in [0.3, 0.4) is 0 Å². The molecule has 1 atom stereocenters. The minimum Gasteiger partial charge on any atom is -0.308 e. The number of hydrogen-bond donors (Lipinski definition) is 1. The van der Waals surface area contributed by atoms with Gasteiger partial charge in [-0.05, 0) is 13.3 Å². The van der Waals surface area contributed by atoms with Crippen LogP contribution in [0, 0.1) is 0 Å². The van der Waals surface area contributed by atoms with E-state index < -0.39 is 0 Å². The highest BCUT2D eigenvalue weighted by molar-refractivity contribution is 7.09. The molecule has 1 aromatic heterocycles. The second kappa shape index (κ2) is 5.60. The first-order valence-electron chi connectivity index (χ1n) is 5.72. The minimum absolute atomic E-state index is 0.154. The maximum Gasteiger partial charge on any atom is 0.107 e. The molecule has 1 rings (SSSR count). The zero-order valence-corrected chi connectivity index (χ0v) is 11.5. The van der Waals surface area contributed by atoms with Crippen molar-refractivity contribution in [2.45, 2.75) is 52.1 Å². The summed E-state index contributed by atoms with van der Waals surface area (Å²) in [5.41, 5.74) is 1.34. The van der Waals surface area contributed by atoms with Gasteiger partial charge >= 0.3 is 0 Å². The van der Waals surface area contributed by atoms with Crippen LogP contribution in [0.5, 0.6) is 0 Å². The van der Waals surface area contributed by atoms with Crippen molar-refractivity contribution in [3.63, 3.8) is 0 Å². The molecule has 2 nitrogen and oxygen atoms in total. The Morgan fingerprint density at radius 1 is 1.56 bits per heavy atom. The summed E-state index contributed by atoms with van der Waals surface area (Å²) in [6.45, 7) is 13.3. The summed E-state index contributed by atoms with van der Waals surface area (Å²) >= 11 is 1.74. The zero-order valence-electron chi connectivity index (χ0n) is 10.7. The predicted molar refractivity (Wildman–Crippen MR) is 71.9 cm³/mol. The van der Waals surface area contributed by atoms with Gasteiger partial charge in [-0.2, -0.15) is 0 Å². The van der Waals surface area contributed by atoms with Gasteiger partial charge in [0.25, 0.3) is 0 Å². The predicted octanol–water partition coefficient (Wildman–Crippen LogP) is 3.49. The highest BCUT2D eigenvalue weighted by Crippen LogP contribution is 2.23. The number of aromatic nitrogens is 1. The molecule has 1 heterocycles. The molecule has 1 unspecified atom stereocenters. The number of hydrogen-bond acceptors (Lipinski definition) is 3. The lowest BCUT2D eigenvalue weighted by Crippen LogP contribution is -2.24. The van der Waals surface area contributed by atoms with E-state index in [-0.39, 0.29) is 5.41 Å². The molecule has 0 aliphatic rings. The van der Waals surface area contributed by atoms with Gasteiger partial charge in [-0.25, -0.2) is 4.98 Å². The largest absolute Gasteiger partial charge is 0.308 e. The Hall–Kier alpha value is -0.670. The molecule has 0 radical (unpaired) electrons. The molecule has 0 amide bonds. The topological polar surface area (TPSA) is 24.9 Å². The molecule has 1 aromatic rings. The zero-order chi connectivity index (χ0) is 12.2. The van der Waals surface area contributed by atoms with E-state index in [1.54, 1.807) is 11.3 Å². The maximum absolute atomic E-state index is 4.64. The third kappa shape index (κ3) is 4.06. The van der Waals surface area contributed by atoms with Crippen LogP contribution in [0.4, 0.5) is 0 Å². The van der Waals surface area contributed by atoms with Crippen LogP contribution in [-0.4, -0.2) is 11.0 Å². The SMILES string of the molecule is C=CCC(C)NCc1nc(C(C)(C)C)cs1. The molecule has 1 N–H and O–H groups in total. The van der Waals surface area contributed by atoms with E-state index in [9.17, 15) is 0 Å². The van der Waals surface area contributed by atoms with Crippen molar-refractivity contribution in [3.8, 4) is 0 Å². The van der Waals surface area contributed by atoms with Crippen LogP contribution in [0.1, 0.15) is 44.8 Å². The van der Waals surface area contributed by atoms with Gasteiger partial charge in [0.15, 0.2) is 0 Å². The molecule has 0 saturated heterocycles. The average Bonchev–Trinajstić information content (AvgIpc) is 2.63. The quantitative estimate of drug-likeness (QED) is 0.794. The monoisotopic (exact) mass is 238 g/mol. The van der Waals surface area contributed by atoms with E-state index in [2.05, 4.69) is 50.0 Å². The molecule has 0 spiro atoms. The van der Waals surface area contributed by atoms with Crippen LogP contribution >= 0.6 is 11.3 Å². The molecule has 0 saturated carbocycles. The molecule has 0 aromatic carbocycles. The lowest BCUT2D eigenvalue weighted by Gasteiger charge is -2.14. The molecule has 0 bridgehead atoms.